The third-order valence-corrected chi connectivity index (χ3v) is 3.91. The predicted molar refractivity (Wildman–Crippen MR) is 95.8 cm³/mol. The number of nitrogens with zero attached hydrogens (tertiary/aromatic N) is 2. The molecule has 0 atom stereocenters. The molecule has 0 radical (unpaired) electrons. The lowest BCUT2D eigenvalue weighted by atomic mass is 10.1. The molecule has 0 aliphatic carbocycles. The van der Waals surface area contributed by atoms with E-state index in [1.54, 1.807) is 0 Å². The van der Waals surface area contributed by atoms with Crippen molar-refractivity contribution in [1.82, 2.24) is 15.5 Å². The van der Waals surface area contributed by atoms with Gasteiger partial charge in [0.1, 0.15) is 0 Å². The SMILES string of the molecule is Cc1ccc(CNC(=O)CCc2nnc(-c3cccc(C)c3)o2)cc1. The van der Waals surface area contributed by atoms with Gasteiger partial charge in [-0.15, -0.1) is 10.2 Å². The maximum atomic E-state index is 12.0. The van der Waals surface area contributed by atoms with Crippen LogP contribution in [0.5, 0.6) is 0 Å². The topological polar surface area (TPSA) is 68.0 Å². The molecule has 5 heteroatoms. The van der Waals surface area contributed by atoms with Crippen molar-refractivity contribution in [3.8, 4) is 11.5 Å². The first-order valence-electron chi connectivity index (χ1n) is 8.32. The van der Waals surface area contributed by atoms with E-state index in [-0.39, 0.29) is 5.91 Å². The van der Waals surface area contributed by atoms with Gasteiger partial charge >= 0.3 is 0 Å². The summed E-state index contributed by atoms with van der Waals surface area (Å²) in [7, 11) is 0. The van der Waals surface area contributed by atoms with Crippen LogP contribution in [0.4, 0.5) is 0 Å². The van der Waals surface area contributed by atoms with Crippen LogP contribution in [0.15, 0.2) is 52.9 Å². The summed E-state index contributed by atoms with van der Waals surface area (Å²) in [6.45, 7) is 4.58. The van der Waals surface area contributed by atoms with E-state index in [2.05, 4.69) is 15.5 Å². The Morgan fingerprint density at radius 3 is 2.60 bits per heavy atom. The highest BCUT2D eigenvalue weighted by molar-refractivity contribution is 5.76. The second kappa shape index (κ2) is 7.75. The van der Waals surface area contributed by atoms with Crippen molar-refractivity contribution < 1.29 is 9.21 Å². The van der Waals surface area contributed by atoms with Gasteiger partial charge in [-0.05, 0) is 31.5 Å². The zero-order valence-electron chi connectivity index (χ0n) is 14.5. The lowest BCUT2D eigenvalue weighted by Gasteiger charge is -2.04. The standard InChI is InChI=1S/C20H21N3O2/c1-14-6-8-16(9-7-14)13-21-18(24)10-11-19-22-23-20(25-19)17-5-3-4-15(2)12-17/h3-9,12H,10-11,13H2,1-2H3,(H,21,24). The first kappa shape index (κ1) is 16.9. The molecule has 0 fully saturated rings. The molecule has 0 unspecified atom stereocenters. The number of hydrogen-bond acceptors (Lipinski definition) is 4. The molecule has 2 aromatic carbocycles. The van der Waals surface area contributed by atoms with Crippen LogP contribution >= 0.6 is 0 Å². The fourth-order valence-electron chi connectivity index (χ4n) is 2.46. The van der Waals surface area contributed by atoms with E-state index < -0.39 is 0 Å². The molecule has 128 valence electrons. The molecule has 5 nitrogen and oxygen atoms in total. The molecule has 0 spiro atoms. The van der Waals surface area contributed by atoms with Gasteiger partial charge < -0.3 is 9.73 Å². The van der Waals surface area contributed by atoms with Crippen molar-refractivity contribution in [3.63, 3.8) is 0 Å². The van der Waals surface area contributed by atoms with Gasteiger partial charge in [0.25, 0.3) is 0 Å². The Hall–Kier alpha value is -2.95. The first-order chi connectivity index (χ1) is 12.1. The molecule has 1 heterocycles. The van der Waals surface area contributed by atoms with Gasteiger partial charge in [-0.3, -0.25) is 4.79 Å². The number of rotatable bonds is 6. The maximum Gasteiger partial charge on any atom is 0.247 e. The summed E-state index contributed by atoms with van der Waals surface area (Å²) in [5, 5.41) is 11.0. The van der Waals surface area contributed by atoms with Gasteiger partial charge in [0.05, 0.1) is 0 Å². The second-order valence-electron chi connectivity index (χ2n) is 6.13. The smallest absolute Gasteiger partial charge is 0.247 e. The molecular weight excluding hydrogens is 314 g/mol. The Kier molecular flexibility index (Phi) is 5.23. The lowest BCUT2D eigenvalue weighted by Crippen LogP contribution is -2.23. The molecule has 1 aromatic heterocycles. The third kappa shape index (κ3) is 4.76. The molecule has 1 N–H and O–H groups in total. The molecule has 0 saturated heterocycles. The summed E-state index contributed by atoms with van der Waals surface area (Å²) in [5.74, 6) is 0.927. The Morgan fingerprint density at radius 2 is 1.84 bits per heavy atom. The zero-order valence-corrected chi connectivity index (χ0v) is 14.5. The summed E-state index contributed by atoms with van der Waals surface area (Å²) in [5.41, 5.74) is 4.31. The van der Waals surface area contributed by atoms with Crippen LogP contribution < -0.4 is 5.32 Å². The summed E-state index contributed by atoms with van der Waals surface area (Å²) >= 11 is 0. The number of aryl methyl sites for hydroxylation is 3. The predicted octanol–water partition coefficient (Wildman–Crippen LogP) is 3.60. The van der Waals surface area contributed by atoms with Gasteiger partial charge in [0, 0.05) is 24.9 Å². The van der Waals surface area contributed by atoms with Crippen LogP contribution in [0.3, 0.4) is 0 Å². The largest absolute Gasteiger partial charge is 0.421 e. The molecule has 1 amide bonds. The fraction of sp³-hybridized carbons (Fsp3) is 0.250. The Morgan fingerprint density at radius 1 is 1.04 bits per heavy atom. The van der Waals surface area contributed by atoms with E-state index in [1.807, 2.05) is 62.4 Å². The molecule has 3 aromatic rings. The van der Waals surface area contributed by atoms with Gasteiger partial charge in [-0.25, -0.2) is 0 Å². The highest BCUT2D eigenvalue weighted by Crippen LogP contribution is 2.19. The number of carbonyl (C=O) groups is 1. The minimum absolute atomic E-state index is 0.0316. The molecule has 0 aliphatic heterocycles. The van der Waals surface area contributed by atoms with Crippen LogP contribution in [0.2, 0.25) is 0 Å². The summed E-state index contributed by atoms with van der Waals surface area (Å²) in [6, 6.07) is 16.0. The Labute approximate surface area is 147 Å². The van der Waals surface area contributed by atoms with E-state index in [0.717, 1.165) is 16.7 Å². The van der Waals surface area contributed by atoms with Crippen molar-refractivity contribution in [2.45, 2.75) is 33.2 Å². The molecule has 25 heavy (non-hydrogen) atoms. The number of aromatic nitrogens is 2. The van der Waals surface area contributed by atoms with E-state index >= 15 is 0 Å². The van der Waals surface area contributed by atoms with Crippen molar-refractivity contribution in [3.05, 3.63) is 71.1 Å². The van der Waals surface area contributed by atoms with Gasteiger partial charge in [0.2, 0.25) is 17.7 Å². The molecule has 3 rings (SSSR count). The lowest BCUT2D eigenvalue weighted by molar-refractivity contribution is -0.121. The van der Waals surface area contributed by atoms with E-state index in [1.165, 1.54) is 5.56 Å². The average Bonchev–Trinajstić information content (AvgIpc) is 3.08. The minimum Gasteiger partial charge on any atom is -0.421 e. The van der Waals surface area contributed by atoms with Gasteiger partial charge in [0.15, 0.2) is 0 Å². The van der Waals surface area contributed by atoms with Gasteiger partial charge in [-0.2, -0.15) is 0 Å². The molecule has 0 aliphatic rings. The number of carbonyl (C=O) groups excluding carboxylic acids is 1. The van der Waals surface area contributed by atoms with E-state index in [9.17, 15) is 4.79 Å². The van der Waals surface area contributed by atoms with Crippen LogP contribution in [0.1, 0.15) is 29.0 Å². The van der Waals surface area contributed by atoms with Crippen LogP contribution in [0, 0.1) is 13.8 Å². The van der Waals surface area contributed by atoms with Crippen molar-refractivity contribution in [1.29, 1.82) is 0 Å². The Balaban J connectivity index is 1.50. The highest BCUT2D eigenvalue weighted by atomic mass is 16.4. The number of nitrogens with one attached hydrogen (secondary N) is 1. The first-order valence-corrected chi connectivity index (χ1v) is 8.32. The molecular formula is C20H21N3O2. The maximum absolute atomic E-state index is 12.0. The summed E-state index contributed by atoms with van der Waals surface area (Å²) in [6.07, 6.45) is 0.750. The van der Waals surface area contributed by atoms with Crippen LogP contribution in [-0.4, -0.2) is 16.1 Å². The summed E-state index contributed by atoms with van der Waals surface area (Å²) < 4.78 is 5.65. The normalized spacial score (nSPS) is 10.6. The second-order valence-corrected chi connectivity index (χ2v) is 6.13. The summed E-state index contributed by atoms with van der Waals surface area (Å²) in [4.78, 5) is 12.0. The van der Waals surface area contributed by atoms with E-state index in [4.69, 9.17) is 4.42 Å². The number of benzene rings is 2. The number of hydrogen-bond donors (Lipinski definition) is 1. The van der Waals surface area contributed by atoms with Crippen LogP contribution in [0.25, 0.3) is 11.5 Å². The van der Waals surface area contributed by atoms with E-state index in [0.29, 0.717) is 31.2 Å². The number of amides is 1. The van der Waals surface area contributed by atoms with Crippen molar-refractivity contribution in [2.24, 2.45) is 0 Å². The monoisotopic (exact) mass is 335 g/mol. The van der Waals surface area contributed by atoms with Gasteiger partial charge in [-0.1, -0.05) is 47.5 Å². The third-order valence-electron chi connectivity index (χ3n) is 3.91. The zero-order chi connectivity index (χ0) is 17.6. The highest BCUT2D eigenvalue weighted by Gasteiger charge is 2.10. The quantitative estimate of drug-likeness (QED) is 0.747. The Bertz CT molecular complexity index is 853. The fourth-order valence-corrected chi connectivity index (χ4v) is 2.46. The van der Waals surface area contributed by atoms with Crippen molar-refractivity contribution >= 4 is 5.91 Å². The van der Waals surface area contributed by atoms with Crippen LogP contribution in [-0.2, 0) is 17.8 Å². The average molecular weight is 335 g/mol. The molecule has 0 saturated carbocycles. The molecule has 0 bridgehead atoms. The minimum atomic E-state index is -0.0316. The van der Waals surface area contributed by atoms with Crippen molar-refractivity contribution in [2.75, 3.05) is 0 Å².